The summed E-state index contributed by atoms with van der Waals surface area (Å²) < 4.78 is 5.98. The second-order valence-corrected chi connectivity index (χ2v) is 13.3. The first kappa shape index (κ1) is 14.0. The lowest BCUT2D eigenvalue weighted by molar-refractivity contribution is -0.153. The Balaban J connectivity index is 1.64. The van der Waals surface area contributed by atoms with Crippen molar-refractivity contribution in [1.29, 1.82) is 0 Å². The Morgan fingerprint density at radius 1 is 1.19 bits per heavy atom. The van der Waals surface area contributed by atoms with Gasteiger partial charge in [0, 0.05) is 0 Å². The molecule has 0 aromatic carbocycles. The molecule has 0 spiro atoms. The van der Waals surface area contributed by atoms with E-state index in [0.717, 1.165) is 42.4 Å². The number of carbonyl (C=O) groups is 1. The number of allylic oxidation sites excluding steroid dienone is 2. The summed E-state index contributed by atoms with van der Waals surface area (Å²) in [4.78, 5) is 13.0. The van der Waals surface area contributed by atoms with Gasteiger partial charge in [-0.25, -0.2) is 0 Å². The van der Waals surface area contributed by atoms with Gasteiger partial charge in [-0.1, -0.05) is 19.1 Å². The molecule has 0 N–H and O–H groups in total. The Morgan fingerprint density at radius 2 is 1.86 bits per heavy atom. The van der Waals surface area contributed by atoms with E-state index in [1.165, 1.54) is 12.8 Å². The number of hydrogen-bond donors (Lipinski definition) is 0. The van der Waals surface area contributed by atoms with E-state index in [4.69, 9.17) is 4.43 Å². The van der Waals surface area contributed by atoms with Crippen LogP contribution in [0.3, 0.4) is 0 Å². The van der Waals surface area contributed by atoms with Gasteiger partial charge in [0.25, 0.3) is 5.97 Å². The minimum Gasteiger partial charge on any atom is -0.519 e. The lowest BCUT2D eigenvalue weighted by atomic mass is 9.61. The van der Waals surface area contributed by atoms with Gasteiger partial charge in [-0.3, -0.25) is 4.79 Å². The molecule has 7 unspecified atom stereocenters. The van der Waals surface area contributed by atoms with Crippen molar-refractivity contribution in [3.05, 3.63) is 12.2 Å². The average molecular weight is 305 g/mol. The summed E-state index contributed by atoms with van der Waals surface area (Å²) in [6.07, 6.45) is 9.67. The van der Waals surface area contributed by atoms with Crippen LogP contribution in [0.1, 0.15) is 32.6 Å². The summed E-state index contributed by atoms with van der Waals surface area (Å²) >= 11 is 0. The van der Waals surface area contributed by atoms with Crippen molar-refractivity contribution in [1.82, 2.24) is 0 Å². The van der Waals surface area contributed by atoms with E-state index in [0.29, 0.717) is 5.92 Å². The van der Waals surface area contributed by atoms with E-state index < -0.39 is 8.32 Å². The van der Waals surface area contributed by atoms with Crippen LogP contribution in [-0.2, 0) is 9.22 Å². The molecule has 3 saturated carbocycles. The third-order valence-electron chi connectivity index (χ3n) is 6.92. The molecule has 0 aromatic rings. The molecule has 7 atom stereocenters. The van der Waals surface area contributed by atoms with E-state index in [1.807, 2.05) is 0 Å². The minimum absolute atomic E-state index is 0.148. The normalized spacial score (nSPS) is 49.7. The fourth-order valence-corrected chi connectivity index (χ4v) is 7.13. The second-order valence-electron chi connectivity index (χ2n) is 8.92. The summed E-state index contributed by atoms with van der Waals surface area (Å²) in [5.74, 6) is 4.81. The number of rotatable bonds is 3. The maximum atomic E-state index is 13.0. The molecule has 0 amide bonds. The van der Waals surface area contributed by atoms with Crippen LogP contribution in [0.5, 0.6) is 0 Å². The second kappa shape index (κ2) is 4.24. The van der Waals surface area contributed by atoms with E-state index in [2.05, 4.69) is 38.7 Å². The number of fused-ring (bicyclic) bond motifs is 9. The van der Waals surface area contributed by atoms with E-state index >= 15 is 0 Å². The molecule has 0 aliphatic heterocycles. The van der Waals surface area contributed by atoms with Crippen LogP contribution in [0, 0.1) is 40.9 Å². The van der Waals surface area contributed by atoms with Gasteiger partial charge in [-0.05, 0) is 80.8 Å². The highest BCUT2D eigenvalue weighted by molar-refractivity contribution is 6.71. The topological polar surface area (TPSA) is 26.3 Å². The van der Waals surface area contributed by atoms with Gasteiger partial charge in [0.1, 0.15) is 0 Å². The molecule has 0 aromatic heterocycles. The first-order valence-corrected chi connectivity index (χ1v) is 12.2. The molecular weight excluding hydrogens is 276 g/mol. The summed E-state index contributed by atoms with van der Waals surface area (Å²) in [5, 5.41) is 0. The molecule has 3 heteroatoms. The molecule has 0 saturated heterocycles. The van der Waals surface area contributed by atoms with E-state index in [9.17, 15) is 4.79 Å². The molecule has 116 valence electrons. The maximum absolute atomic E-state index is 13.0. The number of hydrogen-bond acceptors (Lipinski definition) is 2. The van der Waals surface area contributed by atoms with E-state index in [-0.39, 0.29) is 11.4 Å². The first-order chi connectivity index (χ1) is 9.86. The van der Waals surface area contributed by atoms with Gasteiger partial charge in [0.05, 0.1) is 5.41 Å². The van der Waals surface area contributed by atoms with E-state index in [1.54, 1.807) is 0 Å². The van der Waals surface area contributed by atoms with Crippen molar-refractivity contribution < 1.29 is 9.22 Å². The van der Waals surface area contributed by atoms with Crippen LogP contribution in [0.2, 0.25) is 19.6 Å². The predicted octanol–water partition coefficient (Wildman–Crippen LogP) is 4.24. The van der Waals surface area contributed by atoms with Gasteiger partial charge < -0.3 is 4.43 Å². The monoisotopic (exact) mass is 304 g/mol. The van der Waals surface area contributed by atoms with Gasteiger partial charge in [-0.2, -0.15) is 0 Å². The average Bonchev–Trinajstić information content (AvgIpc) is 3.13. The van der Waals surface area contributed by atoms with Crippen LogP contribution in [0.25, 0.3) is 0 Å². The molecule has 3 fully saturated rings. The summed E-state index contributed by atoms with van der Waals surface area (Å²) in [6, 6.07) is 0. The Bertz CT molecular complexity index is 506. The molecule has 4 aliphatic rings. The van der Waals surface area contributed by atoms with Crippen LogP contribution < -0.4 is 0 Å². The zero-order valence-corrected chi connectivity index (χ0v) is 14.8. The van der Waals surface area contributed by atoms with Crippen molar-refractivity contribution in [3.63, 3.8) is 0 Å². The summed E-state index contributed by atoms with van der Waals surface area (Å²) in [6.45, 7) is 8.60. The highest BCUT2D eigenvalue weighted by Crippen LogP contribution is 2.71. The van der Waals surface area contributed by atoms with Gasteiger partial charge >= 0.3 is 0 Å². The third kappa shape index (κ3) is 1.79. The highest BCUT2D eigenvalue weighted by atomic mass is 28.4. The van der Waals surface area contributed by atoms with Crippen molar-refractivity contribution in [2.45, 2.75) is 52.2 Å². The minimum atomic E-state index is -1.79. The van der Waals surface area contributed by atoms with Gasteiger partial charge in [-0.15, -0.1) is 0 Å². The fraction of sp³-hybridized carbons (Fsp3) is 0.833. The lowest BCUT2D eigenvalue weighted by Gasteiger charge is -2.44. The van der Waals surface area contributed by atoms with Crippen molar-refractivity contribution in [2.75, 3.05) is 0 Å². The molecule has 0 heterocycles. The molecule has 4 bridgehead atoms. The van der Waals surface area contributed by atoms with Crippen LogP contribution in [-0.4, -0.2) is 14.3 Å². The first-order valence-electron chi connectivity index (χ1n) is 8.77. The van der Waals surface area contributed by atoms with Crippen molar-refractivity contribution >= 4 is 14.3 Å². The predicted molar refractivity (Wildman–Crippen MR) is 86.1 cm³/mol. The molecular formula is C18H28O2Si. The number of carbonyl (C=O) groups excluding carboxylic acids is 1. The standard InChI is InChI=1S/C18H28O2Si/c1-5-18(17(19)20-21(2,3)4)10-13-9-14(18)16-12-7-6-11(8-12)15(13)16/h6-7,11-16H,5,8-10H2,1-4H3. The largest absolute Gasteiger partial charge is 0.519 e. The summed E-state index contributed by atoms with van der Waals surface area (Å²) in [7, 11) is -1.79. The Kier molecular flexibility index (Phi) is 2.84. The highest BCUT2D eigenvalue weighted by Gasteiger charge is 2.68. The third-order valence-corrected chi connectivity index (χ3v) is 7.72. The Labute approximate surface area is 129 Å². The lowest BCUT2D eigenvalue weighted by Crippen LogP contribution is -2.47. The van der Waals surface area contributed by atoms with Crippen LogP contribution in [0.15, 0.2) is 12.2 Å². The van der Waals surface area contributed by atoms with Crippen molar-refractivity contribution in [3.8, 4) is 0 Å². The molecule has 4 rings (SSSR count). The quantitative estimate of drug-likeness (QED) is 0.443. The zero-order valence-electron chi connectivity index (χ0n) is 13.8. The molecule has 4 aliphatic carbocycles. The Hall–Kier alpha value is -0.573. The van der Waals surface area contributed by atoms with Gasteiger partial charge in [0.15, 0.2) is 0 Å². The zero-order chi connectivity index (χ0) is 15.0. The summed E-state index contributed by atoms with van der Waals surface area (Å²) in [5.41, 5.74) is -0.148. The van der Waals surface area contributed by atoms with Gasteiger partial charge in [0.2, 0.25) is 8.32 Å². The molecule has 21 heavy (non-hydrogen) atoms. The molecule has 0 radical (unpaired) electrons. The Morgan fingerprint density at radius 3 is 2.48 bits per heavy atom. The fourth-order valence-electron chi connectivity index (χ4n) is 6.37. The van der Waals surface area contributed by atoms with Crippen molar-refractivity contribution in [2.24, 2.45) is 40.9 Å². The van der Waals surface area contributed by atoms with Crippen LogP contribution in [0.4, 0.5) is 0 Å². The SMILES string of the molecule is CCC1(C(=O)O[Si](C)(C)C)CC2CC1C1C3C=CC(C3)C21. The van der Waals surface area contributed by atoms with Crippen LogP contribution >= 0.6 is 0 Å². The molecule has 2 nitrogen and oxygen atoms in total. The smallest absolute Gasteiger partial charge is 0.299 e. The maximum Gasteiger partial charge on any atom is 0.299 e.